The van der Waals surface area contributed by atoms with Crippen molar-refractivity contribution in [1.29, 1.82) is 0 Å². The molecule has 3 heterocycles. The average Bonchev–Trinajstić information content (AvgIpc) is 3.36. The van der Waals surface area contributed by atoms with E-state index in [0.29, 0.717) is 31.5 Å². The predicted molar refractivity (Wildman–Crippen MR) is 96.2 cm³/mol. The van der Waals surface area contributed by atoms with Gasteiger partial charge >= 0.3 is 6.09 Å². The monoisotopic (exact) mass is 405 g/mol. The molecule has 0 aliphatic carbocycles. The molecule has 152 valence electrons. The molecule has 0 spiro atoms. The van der Waals surface area contributed by atoms with Gasteiger partial charge in [0, 0.05) is 24.7 Å². The number of carbonyl (C=O) groups is 2. The second kappa shape index (κ2) is 7.90. The molecule has 0 bridgehead atoms. The lowest BCUT2D eigenvalue weighted by molar-refractivity contribution is -0.117. The van der Waals surface area contributed by atoms with Crippen molar-refractivity contribution in [2.45, 2.75) is 12.5 Å². The molecule has 2 amide bonds. The number of benzene rings is 1. The summed E-state index contributed by atoms with van der Waals surface area (Å²) in [7, 11) is 0. The van der Waals surface area contributed by atoms with E-state index >= 15 is 0 Å². The fourth-order valence-electron chi connectivity index (χ4n) is 3.30. The van der Waals surface area contributed by atoms with Crippen LogP contribution in [0.2, 0.25) is 0 Å². The molecule has 1 aromatic heterocycles. The van der Waals surface area contributed by atoms with Crippen molar-refractivity contribution in [1.82, 2.24) is 10.1 Å². The van der Waals surface area contributed by atoms with E-state index in [4.69, 9.17) is 9.47 Å². The second-order valence-corrected chi connectivity index (χ2v) is 6.63. The summed E-state index contributed by atoms with van der Waals surface area (Å²) in [6.45, 7) is 0.788. The Morgan fingerprint density at radius 2 is 2.10 bits per heavy atom. The Balaban J connectivity index is 1.48. The van der Waals surface area contributed by atoms with E-state index in [0.717, 1.165) is 17.0 Å². The number of aromatic nitrogens is 1. The van der Waals surface area contributed by atoms with E-state index in [9.17, 15) is 18.4 Å². The number of ether oxygens (including phenoxy) is 2. The van der Waals surface area contributed by atoms with Crippen LogP contribution in [0.1, 0.15) is 12.0 Å². The van der Waals surface area contributed by atoms with Crippen LogP contribution in [0.5, 0.6) is 5.88 Å². The van der Waals surface area contributed by atoms with Crippen molar-refractivity contribution in [3.8, 4) is 5.88 Å². The summed E-state index contributed by atoms with van der Waals surface area (Å²) < 4.78 is 44.6. The van der Waals surface area contributed by atoms with E-state index in [-0.39, 0.29) is 30.3 Å². The minimum Gasteiger partial charge on any atom is -0.471 e. The molecule has 8 nitrogen and oxygen atoms in total. The molecule has 29 heavy (non-hydrogen) atoms. The Bertz CT molecular complexity index is 924. The maximum Gasteiger partial charge on any atom is 0.414 e. The van der Waals surface area contributed by atoms with Gasteiger partial charge in [0.25, 0.3) is 5.88 Å². The topological polar surface area (TPSA) is 85.1 Å². The van der Waals surface area contributed by atoms with E-state index < -0.39 is 23.8 Å². The van der Waals surface area contributed by atoms with Gasteiger partial charge in [-0.3, -0.25) is 9.69 Å². The van der Waals surface area contributed by atoms with Gasteiger partial charge in [-0.15, -0.1) is 0 Å². The Kier molecular flexibility index (Phi) is 5.15. The first-order chi connectivity index (χ1) is 14.0. The molecule has 1 saturated heterocycles. The third kappa shape index (κ3) is 3.91. The lowest BCUT2D eigenvalue weighted by atomic mass is 9.98. The van der Waals surface area contributed by atoms with Crippen molar-refractivity contribution in [3.63, 3.8) is 0 Å². The van der Waals surface area contributed by atoms with Crippen molar-refractivity contribution in [2.24, 2.45) is 0 Å². The SMILES string of the molecule is O=CN1CC=C(c2c(F)cc(N3C[C@H](COc4ccon4)OC3=O)cc2F)CC1. The summed E-state index contributed by atoms with van der Waals surface area (Å²) in [5, 5.41) is 3.58. The van der Waals surface area contributed by atoms with Crippen LogP contribution in [0.15, 0.2) is 35.1 Å². The van der Waals surface area contributed by atoms with Crippen LogP contribution in [0.4, 0.5) is 19.3 Å². The first kappa shape index (κ1) is 18.9. The van der Waals surface area contributed by atoms with E-state index in [1.54, 1.807) is 6.08 Å². The van der Waals surface area contributed by atoms with Crippen LogP contribution in [0.3, 0.4) is 0 Å². The van der Waals surface area contributed by atoms with E-state index in [1.165, 1.54) is 17.2 Å². The van der Waals surface area contributed by atoms with Gasteiger partial charge in [0.15, 0.2) is 6.10 Å². The molecule has 1 atom stereocenters. The summed E-state index contributed by atoms with van der Waals surface area (Å²) in [5.74, 6) is -1.31. The largest absolute Gasteiger partial charge is 0.471 e. The quantitative estimate of drug-likeness (QED) is 0.687. The Hall–Kier alpha value is -3.43. The smallest absolute Gasteiger partial charge is 0.414 e. The summed E-state index contributed by atoms with van der Waals surface area (Å²) in [6.07, 6.45) is 2.67. The molecule has 0 saturated carbocycles. The minimum atomic E-state index is -0.777. The standard InChI is InChI=1S/C19H17F2N3O5/c20-15-7-13(8-16(21)18(15)12-1-4-23(11-25)5-2-12)24-9-14(29-19(24)26)10-27-17-3-6-28-22-17/h1,3,6-8,11,14H,2,4-5,9-10H2/t14-/m1/s1. The molecule has 4 rings (SSSR count). The van der Waals surface area contributed by atoms with Gasteiger partial charge in [-0.25, -0.2) is 13.6 Å². The number of hydrogen-bond acceptors (Lipinski definition) is 6. The summed E-state index contributed by atoms with van der Waals surface area (Å²) >= 11 is 0. The Morgan fingerprint density at radius 3 is 2.72 bits per heavy atom. The number of anilines is 1. The predicted octanol–water partition coefficient (Wildman–Crippen LogP) is 2.60. The van der Waals surface area contributed by atoms with Crippen molar-refractivity contribution < 1.29 is 32.4 Å². The summed E-state index contributed by atoms with van der Waals surface area (Å²) in [6, 6.07) is 3.72. The number of halogens is 2. The molecule has 10 heteroatoms. The fourth-order valence-corrected chi connectivity index (χ4v) is 3.30. The molecule has 1 aromatic carbocycles. The van der Waals surface area contributed by atoms with Gasteiger partial charge < -0.3 is 18.9 Å². The lowest BCUT2D eigenvalue weighted by Gasteiger charge is -2.23. The van der Waals surface area contributed by atoms with Gasteiger partial charge in [0.2, 0.25) is 6.41 Å². The maximum absolute atomic E-state index is 14.7. The molecule has 2 aliphatic heterocycles. The van der Waals surface area contributed by atoms with Gasteiger partial charge in [0.1, 0.15) is 24.5 Å². The molecular formula is C19H17F2N3O5. The van der Waals surface area contributed by atoms with Crippen LogP contribution in [-0.2, 0) is 9.53 Å². The zero-order chi connectivity index (χ0) is 20.4. The Morgan fingerprint density at radius 1 is 1.31 bits per heavy atom. The molecule has 0 unspecified atom stereocenters. The third-order valence-electron chi connectivity index (χ3n) is 4.75. The zero-order valence-electron chi connectivity index (χ0n) is 15.2. The third-order valence-corrected chi connectivity index (χ3v) is 4.75. The molecule has 2 aromatic rings. The van der Waals surface area contributed by atoms with Gasteiger partial charge in [0.05, 0.1) is 12.2 Å². The van der Waals surface area contributed by atoms with Gasteiger partial charge in [-0.1, -0.05) is 6.08 Å². The van der Waals surface area contributed by atoms with E-state index in [1.807, 2.05) is 0 Å². The molecule has 0 radical (unpaired) electrons. The van der Waals surface area contributed by atoms with Crippen LogP contribution >= 0.6 is 0 Å². The highest BCUT2D eigenvalue weighted by molar-refractivity contribution is 5.90. The second-order valence-electron chi connectivity index (χ2n) is 6.63. The highest BCUT2D eigenvalue weighted by Crippen LogP contribution is 2.32. The van der Waals surface area contributed by atoms with Crippen molar-refractivity contribution in [3.05, 3.63) is 47.7 Å². The minimum absolute atomic E-state index is 0.0257. The zero-order valence-corrected chi connectivity index (χ0v) is 15.2. The normalized spacial score (nSPS) is 19.2. The molecule has 2 aliphatic rings. The molecule has 1 fully saturated rings. The van der Waals surface area contributed by atoms with E-state index in [2.05, 4.69) is 9.68 Å². The highest BCUT2D eigenvalue weighted by atomic mass is 19.1. The van der Waals surface area contributed by atoms with Crippen molar-refractivity contribution in [2.75, 3.05) is 31.1 Å². The Labute approximate surface area is 164 Å². The van der Waals surface area contributed by atoms with Crippen molar-refractivity contribution >= 4 is 23.8 Å². The number of hydrogen-bond donors (Lipinski definition) is 0. The number of carbonyl (C=O) groups excluding carboxylic acids is 2. The first-order valence-electron chi connectivity index (χ1n) is 8.94. The fraction of sp³-hybridized carbons (Fsp3) is 0.316. The van der Waals surface area contributed by atoms with Crippen LogP contribution in [-0.4, -0.2) is 54.9 Å². The molecular weight excluding hydrogens is 388 g/mol. The first-order valence-corrected chi connectivity index (χ1v) is 8.94. The van der Waals surface area contributed by atoms with Crippen LogP contribution in [0, 0.1) is 11.6 Å². The number of nitrogens with zero attached hydrogens (tertiary/aromatic N) is 3. The molecule has 0 N–H and O–H groups in total. The summed E-state index contributed by atoms with van der Waals surface area (Å²) in [4.78, 5) is 25.6. The maximum atomic E-state index is 14.7. The lowest BCUT2D eigenvalue weighted by Crippen LogP contribution is -2.28. The highest BCUT2D eigenvalue weighted by Gasteiger charge is 2.34. The number of rotatable bonds is 6. The van der Waals surface area contributed by atoms with Crippen LogP contribution < -0.4 is 9.64 Å². The average molecular weight is 405 g/mol. The number of amides is 2. The summed E-state index contributed by atoms with van der Waals surface area (Å²) in [5.41, 5.74) is 0.411. The number of cyclic esters (lactones) is 1. The van der Waals surface area contributed by atoms with Gasteiger partial charge in [-0.2, -0.15) is 0 Å². The van der Waals surface area contributed by atoms with Crippen LogP contribution in [0.25, 0.3) is 5.57 Å². The van der Waals surface area contributed by atoms with Gasteiger partial charge in [-0.05, 0) is 29.3 Å².